The maximum Gasteiger partial charge on any atom is 0.123 e. The van der Waals surface area contributed by atoms with Gasteiger partial charge in [-0.25, -0.2) is 0 Å². The summed E-state index contributed by atoms with van der Waals surface area (Å²) in [6.45, 7) is 2.03. The smallest absolute Gasteiger partial charge is 0.123 e. The highest BCUT2D eigenvalue weighted by molar-refractivity contribution is 9.08. The first-order valence-corrected chi connectivity index (χ1v) is 5.86. The lowest BCUT2D eigenvalue weighted by atomic mass is 10.1. The molecule has 0 aliphatic carbocycles. The Kier molecular flexibility index (Phi) is 3.59. The molecule has 1 aromatic rings. The number of phenols is 1. The third-order valence-corrected chi connectivity index (χ3v) is 2.91. The molecule has 0 aliphatic heterocycles. The summed E-state index contributed by atoms with van der Waals surface area (Å²) in [6, 6.07) is 3.96. The maximum atomic E-state index is 9.65. The van der Waals surface area contributed by atoms with Crippen LogP contribution in [0.2, 0.25) is 0 Å². The van der Waals surface area contributed by atoms with Crippen molar-refractivity contribution in [3.63, 3.8) is 0 Å². The molecule has 1 N–H and O–H groups in total. The van der Waals surface area contributed by atoms with Crippen LogP contribution in [0.4, 0.5) is 0 Å². The minimum Gasteiger partial charge on any atom is -0.507 e. The third-order valence-electron chi connectivity index (χ3n) is 1.70. The van der Waals surface area contributed by atoms with Crippen molar-refractivity contribution in [2.75, 3.05) is 0 Å². The van der Waals surface area contributed by atoms with E-state index in [1.54, 1.807) is 0 Å². The van der Waals surface area contributed by atoms with E-state index in [0.29, 0.717) is 16.4 Å². The molecule has 0 amide bonds. The number of rotatable bonds is 2. The Bertz CT molecular complexity index is 259. The third kappa shape index (κ3) is 2.02. The van der Waals surface area contributed by atoms with Gasteiger partial charge in [-0.3, -0.25) is 0 Å². The van der Waals surface area contributed by atoms with E-state index in [-0.39, 0.29) is 0 Å². The van der Waals surface area contributed by atoms with E-state index in [2.05, 4.69) is 31.9 Å². The molecule has 3 heteroatoms. The van der Waals surface area contributed by atoms with Crippen LogP contribution in [-0.4, -0.2) is 5.11 Å². The van der Waals surface area contributed by atoms with Crippen molar-refractivity contribution in [1.82, 2.24) is 0 Å². The average molecular weight is 294 g/mol. The summed E-state index contributed by atoms with van der Waals surface area (Å²) in [6.07, 6.45) is 0. The lowest BCUT2D eigenvalue weighted by molar-refractivity contribution is 0.466. The minimum absolute atomic E-state index is 0.398. The predicted molar refractivity (Wildman–Crippen MR) is 58.1 cm³/mol. The highest BCUT2D eigenvalue weighted by atomic mass is 79.9. The van der Waals surface area contributed by atoms with Gasteiger partial charge in [0.1, 0.15) is 5.75 Å². The van der Waals surface area contributed by atoms with Gasteiger partial charge >= 0.3 is 0 Å². The van der Waals surface area contributed by atoms with Crippen LogP contribution in [0.25, 0.3) is 0 Å². The summed E-state index contributed by atoms with van der Waals surface area (Å²) in [5, 5.41) is 11.0. The van der Waals surface area contributed by atoms with Crippen LogP contribution in [0.5, 0.6) is 5.75 Å². The number of benzene rings is 1. The van der Waals surface area contributed by atoms with Crippen molar-refractivity contribution in [3.05, 3.63) is 28.8 Å². The number of alkyl halides is 2. The van der Waals surface area contributed by atoms with Gasteiger partial charge in [0.2, 0.25) is 0 Å². The van der Waals surface area contributed by atoms with E-state index in [1.165, 1.54) is 5.56 Å². The normalized spacial score (nSPS) is 10.2. The molecule has 0 atom stereocenters. The Labute approximate surface area is 89.1 Å². The zero-order valence-electron chi connectivity index (χ0n) is 6.77. The van der Waals surface area contributed by atoms with Gasteiger partial charge in [-0.05, 0) is 6.92 Å². The number of aromatic hydroxyl groups is 1. The second kappa shape index (κ2) is 4.28. The van der Waals surface area contributed by atoms with E-state index in [0.717, 1.165) is 11.1 Å². The highest BCUT2D eigenvalue weighted by Gasteiger charge is 2.05. The zero-order chi connectivity index (χ0) is 9.14. The Balaban J connectivity index is 3.22. The Hall–Kier alpha value is -0.0200. The van der Waals surface area contributed by atoms with Crippen molar-refractivity contribution in [1.29, 1.82) is 0 Å². The summed E-state index contributed by atoms with van der Waals surface area (Å²) in [5.41, 5.74) is 3.07. The fraction of sp³-hybridized carbons (Fsp3) is 0.333. The lowest BCUT2D eigenvalue weighted by Crippen LogP contribution is -1.88. The Morgan fingerprint density at radius 2 is 1.58 bits per heavy atom. The maximum absolute atomic E-state index is 9.65. The molecule has 0 saturated carbocycles. The second-order valence-electron chi connectivity index (χ2n) is 2.70. The molecular formula is C9H10Br2O. The molecule has 1 rings (SSSR count). The van der Waals surface area contributed by atoms with Gasteiger partial charge in [0.25, 0.3) is 0 Å². The molecule has 1 nitrogen and oxygen atoms in total. The second-order valence-corrected chi connectivity index (χ2v) is 3.82. The van der Waals surface area contributed by atoms with Crippen LogP contribution < -0.4 is 0 Å². The topological polar surface area (TPSA) is 20.2 Å². The first-order chi connectivity index (χ1) is 5.69. The van der Waals surface area contributed by atoms with Gasteiger partial charge in [-0.2, -0.15) is 0 Å². The first-order valence-electron chi connectivity index (χ1n) is 3.62. The molecule has 12 heavy (non-hydrogen) atoms. The average Bonchev–Trinajstić information content (AvgIpc) is 2.08. The number of hydrogen-bond donors (Lipinski definition) is 1. The van der Waals surface area contributed by atoms with Crippen molar-refractivity contribution in [3.8, 4) is 5.75 Å². The van der Waals surface area contributed by atoms with Crippen LogP contribution >= 0.6 is 31.9 Å². The molecular weight excluding hydrogens is 284 g/mol. The fourth-order valence-corrected chi connectivity index (χ4v) is 1.99. The molecule has 66 valence electrons. The van der Waals surface area contributed by atoms with E-state index in [4.69, 9.17) is 0 Å². The first kappa shape index (κ1) is 10.1. The summed E-state index contributed by atoms with van der Waals surface area (Å²) in [7, 11) is 0. The molecule has 0 unspecified atom stereocenters. The van der Waals surface area contributed by atoms with E-state index in [9.17, 15) is 5.11 Å². The van der Waals surface area contributed by atoms with Gasteiger partial charge in [0, 0.05) is 21.8 Å². The molecule has 0 bridgehead atoms. The van der Waals surface area contributed by atoms with Gasteiger partial charge in [0.15, 0.2) is 0 Å². The molecule has 0 fully saturated rings. The van der Waals surface area contributed by atoms with Gasteiger partial charge < -0.3 is 5.11 Å². The van der Waals surface area contributed by atoms with Gasteiger partial charge in [-0.1, -0.05) is 49.6 Å². The van der Waals surface area contributed by atoms with Crippen LogP contribution in [0.15, 0.2) is 12.1 Å². The highest BCUT2D eigenvalue weighted by Crippen LogP contribution is 2.27. The molecule has 0 aliphatic rings. The SMILES string of the molecule is Cc1cc(CBr)c(O)c(CBr)c1. The molecule has 0 aromatic heterocycles. The van der Waals surface area contributed by atoms with Crippen LogP contribution in [-0.2, 0) is 10.7 Å². The largest absolute Gasteiger partial charge is 0.507 e. The summed E-state index contributed by atoms with van der Waals surface area (Å²) >= 11 is 6.66. The fourth-order valence-electron chi connectivity index (χ4n) is 1.14. The quantitative estimate of drug-likeness (QED) is 0.828. The number of phenolic OH excluding ortho intramolecular Hbond substituents is 1. The van der Waals surface area contributed by atoms with Crippen LogP contribution in [0.3, 0.4) is 0 Å². The minimum atomic E-state index is 0.398. The van der Waals surface area contributed by atoms with Crippen LogP contribution in [0, 0.1) is 6.92 Å². The van der Waals surface area contributed by atoms with E-state index in [1.807, 2.05) is 19.1 Å². The Morgan fingerprint density at radius 1 is 1.17 bits per heavy atom. The van der Waals surface area contributed by atoms with Crippen molar-refractivity contribution in [2.45, 2.75) is 17.6 Å². The standard InChI is InChI=1S/C9H10Br2O/c1-6-2-7(4-10)9(12)8(3-6)5-11/h2-3,12H,4-5H2,1H3. The number of aryl methyl sites for hydroxylation is 1. The number of halogens is 2. The molecule has 0 radical (unpaired) electrons. The molecule has 0 saturated heterocycles. The lowest BCUT2D eigenvalue weighted by Gasteiger charge is -2.07. The summed E-state index contributed by atoms with van der Waals surface area (Å²) < 4.78 is 0. The van der Waals surface area contributed by atoms with Crippen LogP contribution in [0.1, 0.15) is 16.7 Å². The molecule has 0 heterocycles. The summed E-state index contributed by atoms with van der Waals surface area (Å²) in [4.78, 5) is 0. The van der Waals surface area contributed by atoms with Gasteiger partial charge in [-0.15, -0.1) is 0 Å². The monoisotopic (exact) mass is 292 g/mol. The molecule has 0 spiro atoms. The van der Waals surface area contributed by atoms with Crippen molar-refractivity contribution in [2.24, 2.45) is 0 Å². The summed E-state index contributed by atoms with van der Waals surface area (Å²) in [5.74, 6) is 0.398. The van der Waals surface area contributed by atoms with Crippen molar-refractivity contribution >= 4 is 31.9 Å². The number of hydrogen-bond acceptors (Lipinski definition) is 1. The van der Waals surface area contributed by atoms with Crippen molar-refractivity contribution < 1.29 is 5.11 Å². The Morgan fingerprint density at radius 3 is 1.92 bits per heavy atom. The van der Waals surface area contributed by atoms with E-state index >= 15 is 0 Å². The van der Waals surface area contributed by atoms with E-state index < -0.39 is 0 Å². The molecule has 1 aromatic carbocycles. The predicted octanol–water partition coefficient (Wildman–Crippen LogP) is 3.49. The zero-order valence-corrected chi connectivity index (χ0v) is 9.94. The van der Waals surface area contributed by atoms with Gasteiger partial charge in [0.05, 0.1) is 0 Å².